The summed E-state index contributed by atoms with van der Waals surface area (Å²) in [7, 11) is 1.61. The summed E-state index contributed by atoms with van der Waals surface area (Å²) in [6.45, 7) is 1.78. The van der Waals surface area contributed by atoms with E-state index in [0.717, 1.165) is 16.5 Å². The number of nitriles is 1. The fourth-order valence-electron chi connectivity index (χ4n) is 2.16. The summed E-state index contributed by atoms with van der Waals surface area (Å²) in [5.41, 5.74) is 0.652. The van der Waals surface area contributed by atoms with Crippen molar-refractivity contribution in [1.82, 2.24) is 0 Å². The third-order valence-electron chi connectivity index (χ3n) is 3.21. The number of hydrogen-bond donors (Lipinski definition) is 0. The van der Waals surface area contributed by atoms with E-state index in [0.29, 0.717) is 5.56 Å². The number of ether oxygens (including phenoxy) is 1. The average Bonchev–Trinajstić information content (AvgIpc) is 2.45. The molecule has 0 radical (unpaired) electrons. The van der Waals surface area contributed by atoms with Crippen molar-refractivity contribution in [2.24, 2.45) is 5.92 Å². The average molecular weight is 253 g/mol. The Morgan fingerprint density at radius 1 is 1.26 bits per heavy atom. The molecule has 0 aromatic heterocycles. The predicted octanol–water partition coefficient (Wildman–Crippen LogP) is 3.58. The lowest BCUT2D eigenvalue weighted by atomic mass is 9.92. The van der Waals surface area contributed by atoms with Crippen LogP contribution in [0.15, 0.2) is 36.4 Å². The number of methoxy groups -OCH3 is 1. The monoisotopic (exact) mass is 253 g/mol. The summed E-state index contributed by atoms with van der Waals surface area (Å²) >= 11 is 0. The van der Waals surface area contributed by atoms with Gasteiger partial charge in [0.1, 0.15) is 5.75 Å². The minimum Gasteiger partial charge on any atom is -0.496 e. The molecule has 96 valence electrons. The van der Waals surface area contributed by atoms with E-state index >= 15 is 0 Å². The highest BCUT2D eigenvalue weighted by Gasteiger charge is 2.18. The first-order chi connectivity index (χ1) is 9.19. The van der Waals surface area contributed by atoms with E-state index < -0.39 is 0 Å². The Bertz CT molecular complexity index is 655. The maximum Gasteiger partial charge on any atom is 0.167 e. The van der Waals surface area contributed by atoms with E-state index in [9.17, 15) is 4.79 Å². The first-order valence-corrected chi connectivity index (χ1v) is 6.16. The molecule has 3 heteroatoms. The van der Waals surface area contributed by atoms with Crippen LogP contribution >= 0.6 is 0 Å². The SMILES string of the molecule is COc1ccc(C(=O)C(C)CC#N)c2ccccc12. The minimum atomic E-state index is -0.290. The zero-order chi connectivity index (χ0) is 13.8. The number of hydrogen-bond acceptors (Lipinski definition) is 3. The molecule has 0 N–H and O–H groups in total. The van der Waals surface area contributed by atoms with Gasteiger partial charge in [0.25, 0.3) is 0 Å². The number of nitrogens with zero attached hydrogens (tertiary/aromatic N) is 1. The molecule has 2 aromatic rings. The van der Waals surface area contributed by atoms with Gasteiger partial charge in [0.15, 0.2) is 5.78 Å². The summed E-state index contributed by atoms with van der Waals surface area (Å²) in [5, 5.41) is 10.5. The molecule has 19 heavy (non-hydrogen) atoms. The third kappa shape index (κ3) is 2.43. The van der Waals surface area contributed by atoms with Gasteiger partial charge in [-0.25, -0.2) is 0 Å². The second kappa shape index (κ2) is 5.53. The number of fused-ring (bicyclic) bond motifs is 1. The Kier molecular flexibility index (Phi) is 3.82. The summed E-state index contributed by atoms with van der Waals surface area (Å²) in [5.74, 6) is 0.460. The summed E-state index contributed by atoms with van der Waals surface area (Å²) in [4.78, 5) is 12.4. The molecule has 0 amide bonds. The third-order valence-corrected chi connectivity index (χ3v) is 3.21. The molecule has 2 aromatic carbocycles. The van der Waals surface area contributed by atoms with Gasteiger partial charge in [0.05, 0.1) is 13.2 Å². The lowest BCUT2D eigenvalue weighted by Crippen LogP contribution is -2.11. The van der Waals surface area contributed by atoms with Gasteiger partial charge >= 0.3 is 0 Å². The molecule has 0 saturated heterocycles. The van der Waals surface area contributed by atoms with E-state index in [1.165, 1.54) is 0 Å². The molecular formula is C16H15NO2. The normalized spacial score (nSPS) is 11.8. The number of ketones is 1. The smallest absolute Gasteiger partial charge is 0.167 e. The highest BCUT2D eigenvalue weighted by atomic mass is 16.5. The molecule has 1 atom stereocenters. The Balaban J connectivity index is 2.57. The zero-order valence-corrected chi connectivity index (χ0v) is 11.0. The van der Waals surface area contributed by atoms with Crippen LogP contribution in [-0.2, 0) is 0 Å². The molecule has 0 heterocycles. The fourth-order valence-corrected chi connectivity index (χ4v) is 2.16. The topological polar surface area (TPSA) is 50.1 Å². The molecular weight excluding hydrogens is 238 g/mol. The molecule has 1 unspecified atom stereocenters. The van der Waals surface area contributed by atoms with Gasteiger partial charge in [-0.05, 0) is 17.5 Å². The van der Waals surface area contributed by atoms with Crippen LogP contribution in [0.5, 0.6) is 5.75 Å². The van der Waals surface area contributed by atoms with E-state index in [1.54, 1.807) is 26.2 Å². The van der Waals surface area contributed by atoms with Gasteiger partial charge in [-0.15, -0.1) is 0 Å². The van der Waals surface area contributed by atoms with Crippen molar-refractivity contribution in [3.05, 3.63) is 42.0 Å². The summed E-state index contributed by atoms with van der Waals surface area (Å²) in [6.07, 6.45) is 0.235. The van der Waals surface area contributed by atoms with Crippen LogP contribution in [-0.4, -0.2) is 12.9 Å². The second-order valence-electron chi connectivity index (χ2n) is 4.49. The summed E-state index contributed by atoms with van der Waals surface area (Å²) in [6, 6.07) is 13.3. The van der Waals surface area contributed by atoms with Crippen LogP contribution in [0.1, 0.15) is 23.7 Å². The van der Waals surface area contributed by atoms with Gasteiger partial charge in [0.2, 0.25) is 0 Å². The highest BCUT2D eigenvalue weighted by molar-refractivity contribution is 6.10. The van der Waals surface area contributed by atoms with Crippen molar-refractivity contribution in [2.45, 2.75) is 13.3 Å². The van der Waals surface area contributed by atoms with Gasteiger partial charge in [-0.1, -0.05) is 31.2 Å². The standard InChI is InChI=1S/C16H15NO2/c1-11(9-10-17)16(18)14-7-8-15(19-2)13-6-4-3-5-12(13)14/h3-8,11H,9H2,1-2H3. The maximum atomic E-state index is 12.4. The molecule has 3 nitrogen and oxygen atoms in total. The van der Waals surface area contributed by atoms with Crippen LogP contribution in [0.3, 0.4) is 0 Å². The van der Waals surface area contributed by atoms with Crippen LogP contribution in [0.4, 0.5) is 0 Å². The van der Waals surface area contributed by atoms with Crippen LogP contribution in [0.2, 0.25) is 0 Å². The van der Waals surface area contributed by atoms with Gasteiger partial charge < -0.3 is 4.74 Å². The molecule has 0 spiro atoms. The van der Waals surface area contributed by atoms with Crippen molar-refractivity contribution in [2.75, 3.05) is 7.11 Å². The summed E-state index contributed by atoms with van der Waals surface area (Å²) < 4.78 is 5.31. The number of rotatable bonds is 4. The van der Waals surface area contributed by atoms with Crippen LogP contribution in [0.25, 0.3) is 10.8 Å². The Hall–Kier alpha value is -2.34. The van der Waals surface area contributed by atoms with Crippen molar-refractivity contribution in [3.8, 4) is 11.8 Å². The van der Waals surface area contributed by atoms with Crippen molar-refractivity contribution < 1.29 is 9.53 Å². The Morgan fingerprint density at radius 2 is 1.95 bits per heavy atom. The molecule has 2 rings (SSSR count). The highest BCUT2D eigenvalue weighted by Crippen LogP contribution is 2.29. The minimum absolute atomic E-state index is 0.000373. The van der Waals surface area contributed by atoms with Crippen LogP contribution < -0.4 is 4.74 Å². The predicted molar refractivity (Wildman–Crippen MR) is 74.2 cm³/mol. The van der Waals surface area contributed by atoms with Gasteiger partial charge in [-0.2, -0.15) is 5.26 Å². The quantitative estimate of drug-likeness (QED) is 0.782. The number of benzene rings is 2. The lowest BCUT2D eigenvalue weighted by molar-refractivity contribution is 0.0933. The van der Waals surface area contributed by atoms with Crippen molar-refractivity contribution >= 4 is 16.6 Å². The van der Waals surface area contributed by atoms with E-state index in [-0.39, 0.29) is 18.1 Å². The van der Waals surface area contributed by atoms with Gasteiger partial charge in [-0.3, -0.25) is 4.79 Å². The molecule has 0 aliphatic rings. The molecule has 0 fully saturated rings. The van der Waals surface area contributed by atoms with E-state index in [2.05, 4.69) is 0 Å². The van der Waals surface area contributed by atoms with Crippen molar-refractivity contribution in [1.29, 1.82) is 5.26 Å². The van der Waals surface area contributed by atoms with Gasteiger partial charge in [0, 0.05) is 23.3 Å². The largest absolute Gasteiger partial charge is 0.496 e. The Morgan fingerprint density at radius 3 is 2.58 bits per heavy atom. The number of carbonyl (C=O) groups excluding carboxylic acids is 1. The first kappa shape index (κ1) is 13.1. The Labute approximate surface area is 112 Å². The fraction of sp³-hybridized carbons (Fsp3) is 0.250. The van der Waals surface area contributed by atoms with Crippen molar-refractivity contribution in [3.63, 3.8) is 0 Å². The molecule has 0 saturated carbocycles. The zero-order valence-electron chi connectivity index (χ0n) is 11.0. The van der Waals surface area contributed by atoms with Crippen LogP contribution in [0, 0.1) is 17.2 Å². The molecule has 0 bridgehead atoms. The van der Waals surface area contributed by atoms with E-state index in [1.807, 2.05) is 30.3 Å². The second-order valence-corrected chi connectivity index (χ2v) is 4.49. The first-order valence-electron chi connectivity index (χ1n) is 6.16. The number of Topliss-reactive ketones (excluding diaryl/α,β-unsaturated/α-hetero) is 1. The maximum absolute atomic E-state index is 12.4. The molecule has 0 aliphatic heterocycles. The van der Waals surface area contributed by atoms with E-state index in [4.69, 9.17) is 10.00 Å². The number of carbonyl (C=O) groups is 1. The molecule has 0 aliphatic carbocycles. The lowest BCUT2D eigenvalue weighted by Gasteiger charge is -2.12.